The number of ether oxygens (including phenoxy) is 4. The maximum absolute atomic E-state index is 15.2. The average Bonchev–Trinajstić information content (AvgIpc) is 3.47. The van der Waals surface area contributed by atoms with E-state index in [0.29, 0.717) is 13.0 Å². The number of unbranched alkanes of at least 4 members (excludes halogenated alkanes) is 1. The molecule has 0 saturated heterocycles. The maximum atomic E-state index is 15.2. The summed E-state index contributed by atoms with van der Waals surface area (Å²) in [5.41, 5.74) is -5.86. The number of hydrogen-bond donors (Lipinski definition) is 2. The lowest BCUT2D eigenvalue weighted by atomic mass is 9.55. The first kappa shape index (κ1) is 36.1. The second kappa shape index (κ2) is 12.9. The van der Waals surface area contributed by atoms with Crippen LogP contribution in [0, 0.1) is 40.4 Å². The third kappa shape index (κ3) is 5.59. The summed E-state index contributed by atoms with van der Waals surface area (Å²) >= 11 is 0. The molecule has 4 aliphatic rings. The quantitative estimate of drug-likeness (QED) is 0.159. The first-order valence-electron chi connectivity index (χ1n) is 17.2. The molecule has 0 aromatic carbocycles. The minimum atomic E-state index is -2.18. The fourth-order valence-corrected chi connectivity index (χ4v) is 9.64. The summed E-state index contributed by atoms with van der Waals surface area (Å²) in [4.78, 5) is 59.5. The highest BCUT2D eigenvalue weighted by atomic mass is 16.6. The van der Waals surface area contributed by atoms with Crippen LogP contribution in [0.1, 0.15) is 91.4 Å². The molecule has 4 fully saturated rings. The summed E-state index contributed by atoms with van der Waals surface area (Å²) < 4.78 is 25.0. The number of allylic oxidation sites excluding steroid dienone is 1. The van der Waals surface area contributed by atoms with Crippen LogP contribution in [0.2, 0.25) is 0 Å². The molecular weight excluding hydrogens is 618 g/mol. The van der Waals surface area contributed by atoms with E-state index in [9.17, 15) is 24.6 Å². The van der Waals surface area contributed by atoms with Gasteiger partial charge in [-0.25, -0.2) is 9.59 Å². The van der Waals surface area contributed by atoms with Crippen LogP contribution in [-0.2, 0) is 33.3 Å². The van der Waals surface area contributed by atoms with E-state index in [1.165, 1.54) is 26.2 Å². The minimum Gasteiger partial charge on any atom is -0.461 e. The van der Waals surface area contributed by atoms with Gasteiger partial charge in [0.15, 0.2) is 5.60 Å². The zero-order valence-electron chi connectivity index (χ0n) is 29.4. The van der Waals surface area contributed by atoms with Crippen LogP contribution >= 0.6 is 0 Å². The van der Waals surface area contributed by atoms with Crippen LogP contribution in [0.25, 0.3) is 0 Å². The lowest BCUT2D eigenvalue weighted by Crippen LogP contribution is -2.65. The topological polar surface area (TPSA) is 159 Å². The third-order valence-corrected chi connectivity index (χ3v) is 12.1. The maximum Gasteiger partial charge on any atom is 0.339 e. The molecular formula is C37H51NO10. The van der Waals surface area contributed by atoms with Crippen molar-refractivity contribution in [3.05, 3.63) is 41.7 Å². The van der Waals surface area contributed by atoms with Gasteiger partial charge in [-0.15, -0.1) is 0 Å². The van der Waals surface area contributed by atoms with Crippen LogP contribution in [0.5, 0.6) is 0 Å². The van der Waals surface area contributed by atoms with Gasteiger partial charge < -0.3 is 29.2 Å². The van der Waals surface area contributed by atoms with Crippen molar-refractivity contribution >= 4 is 23.7 Å². The Morgan fingerprint density at radius 3 is 2.46 bits per heavy atom. The highest BCUT2D eigenvalue weighted by Gasteiger charge is 2.83. The van der Waals surface area contributed by atoms with Gasteiger partial charge in [0.25, 0.3) is 0 Å². The van der Waals surface area contributed by atoms with Crippen molar-refractivity contribution < 1.29 is 48.3 Å². The standard InChI is InChI=1S/C37H51NO10/c1-9-11-15-45-28-21(4)17-37(44)27(28)30(47-31(41)20(3)10-2)36(19-46-32(42)23-13-12-14-38-18-23)25(40)16-24-26(34(24,6)7)29(36)35(8,33(37)43)48-22(5)39/h10,12-14,18,21,24-30,40,44H,9,11,15-17,19H2,1-8H3/b20-10+/t21-,24?,25+,26?,27?,28-,29?,30+,35-,36+,37+/m0/s1. The van der Waals surface area contributed by atoms with Crippen LogP contribution in [-0.4, -0.2) is 81.6 Å². The van der Waals surface area contributed by atoms with E-state index in [2.05, 4.69) is 4.98 Å². The predicted molar refractivity (Wildman–Crippen MR) is 173 cm³/mol. The molecule has 11 heteroatoms. The van der Waals surface area contributed by atoms with Gasteiger partial charge in [-0.1, -0.05) is 40.2 Å². The van der Waals surface area contributed by atoms with Crippen LogP contribution in [0.4, 0.5) is 0 Å². The van der Waals surface area contributed by atoms with E-state index in [0.717, 1.165) is 6.42 Å². The summed E-state index contributed by atoms with van der Waals surface area (Å²) in [5.74, 6) is -5.91. The average molecular weight is 670 g/mol. The van der Waals surface area contributed by atoms with Gasteiger partial charge in [0.2, 0.25) is 5.78 Å². The number of aliphatic hydroxyl groups is 2. The van der Waals surface area contributed by atoms with Crippen molar-refractivity contribution in [3.63, 3.8) is 0 Å². The van der Waals surface area contributed by atoms with Crippen molar-refractivity contribution in [1.82, 2.24) is 4.98 Å². The first-order chi connectivity index (χ1) is 22.5. The number of ketones is 1. The molecule has 4 aliphatic carbocycles. The molecule has 0 bridgehead atoms. The molecule has 5 rings (SSSR count). The molecule has 0 spiro atoms. The second-order valence-electron chi connectivity index (χ2n) is 15.3. The van der Waals surface area contributed by atoms with E-state index in [1.54, 1.807) is 32.1 Å². The van der Waals surface area contributed by atoms with Crippen LogP contribution in [0.15, 0.2) is 36.2 Å². The number of aliphatic hydroxyl groups excluding tert-OH is 1. The van der Waals surface area contributed by atoms with Crippen molar-refractivity contribution in [2.75, 3.05) is 13.2 Å². The van der Waals surface area contributed by atoms with Crippen molar-refractivity contribution in [3.8, 4) is 0 Å². The molecule has 2 N–H and O–H groups in total. The highest BCUT2D eigenvalue weighted by Crippen LogP contribution is 2.75. The summed E-state index contributed by atoms with van der Waals surface area (Å²) in [6.45, 7) is 13.7. The van der Waals surface area contributed by atoms with Gasteiger partial charge in [-0.2, -0.15) is 0 Å². The van der Waals surface area contributed by atoms with Crippen molar-refractivity contribution in [1.29, 1.82) is 0 Å². The van der Waals surface area contributed by atoms with E-state index >= 15 is 4.79 Å². The first-order valence-corrected chi connectivity index (χ1v) is 17.2. The number of pyridine rings is 1. The normalized spacial score (nSPS) is 39.7. The molecule has 0 aliphatic heterocycles. The number of fused-ring (bicyclic) bond motifs is 4. The molecule has 11 atom stereocenters. The largest absolute Gasteiger partial charge is 0.461 e. The second-order valence-corrected chi connectivity index (χ2v) is 15.3. The molecule has 264 valence electrons. The molecule has 1 aromatic heterocycles. The molecule has 0 radical (unpaired) electrons. The Morgan fingerprint density at radius 2 is 1.85 bits per heavy atom. The zero-order valence-corrected chi connectivity index (χ0v) is 29.4. The zero-order chi connectivity index (χ0) is 35.4. The predicted octanol–water partition coefficient (Wildman–Crippen LogP) is 4.23. The van der Waals surface area contributed by atoms with Crippen molar-refractivity contribution in [2.45, 2.75) is 111 Å². The molecule has 4 saturated carbocycles. The molecule has 48 heavy (non-hydrogen) atoms. The lowest BCUT2D eigenvalue weighted by molar-refractivity contribution is -0.229. The number of Topliss-reactive ketones (excluding diaryl/α,β-unsaturated/α-hetero) is 1. The monoisotopic (exact) mass is 669 g/mol. The number of nitrogens with zero attached hydrogens (tertiary/aromatic N) is 1. The Hall–Kier alpha value is -3.15. The van der Waals surface area contributed by atoms with Crippen molar-refractivity contribution in [2.24, 2.45) is 40.4 Å². The fourth-order valence-electron chi connectivity index (χ4n) is 9.64. The molecule has 11 nitrogen and oxygen atoms in total. The van der Waals surface area contributed by atoms with Gasteiger partial charge in [0.1, 0.15) is 18.3 Å². The number of hydrogen-bond acceptors (Lipinski definition) is 11. The summed E-state index contributed by atoms with van der Waals surface area (Å²) in [6.07, 6.45) is 2.76. The van der Waals surface area contributed by atoms with Crippen LogP contribution < -0.4 is 0 Å². The van der Waals surface area contributed by atoms with Gasteiger partial charge in [-0.3, -0.25) is 14.6 Å². The smallest absolute Gasteiger partial charge is 0.339 e. The lowest BCUT2D eigenvalue weighted by Gasteiger charge is -2.54. The Kier molecular flexibility index (Phi) is 9.75. The molecule has 1 aromatic rings. The third-order valence-electron chi connectivity index (χ3n) is 12.1. The van der Waals surface area contributed by atoms with Gasteiger partial charge >= 0.3 is 17.9 Å². The Morgan fingerprint density at radius 1 is 1.15 bits per heavy atom. The van der Waals surface area contributed by atoms with E-state index in [-0.39, 0.29) is 41.7 Å². The van der Waals surface area contributed by atoms with E-state index < -0.39 is 82.5 Å². The Balaban J connectivity index is 1.80. The number of rotatable bonds is 10. The molecule has 1 heterocycles. The summed E-state index contributed by atoms with van der Waals surface area (Å²) in [7, 11) is 0. The number of carbonyl (C=O) groups is 4. The minimum absolute atomic E-state index is 0.0490. The number of aromatic nitrogens is 1. The number of esters is 3. The highest BCUT2D eigenvalue weighted by molar-refractivity contribution is 5.98. The van der Waals surface area contributed by atoms with E-state index in [4.69, 9.17) is 18.9 Å². The summed E-state index contributed by atoms with van der Waals surface area (Å²) in [6, 6.07) is 3.14. The number of carbonyl (C=O) groups excluding carboxylic acids is 4. The fraction of sp³-hybridized carbons (Fsp3) is 0.703. The van der Waals surface area contributed by atoms with Gasteiger partial charge in [-0.05, 0) is 75.3 Å². The Bertz CT molecular complexity index is 1460. The Labute approximate surface area is 282 Å². The van der Waals surface area contributed by atoms with Gasteiger partial charge in [0.05, 0.1) is 29.1 Å². The van der Waals surface area contributed by atoms with Gasteiger partial charge in [0, 0.05) is 37.4 Å². The van der Waals surface area contributed by atoms with E-state index in [1.807, 2.05) is 27.7 Å². The molecule has 4 unspecified atom stereocenters. The molecule has 0 amide bonds. The SMILES string of the molecule is C/C=C(\C)C(=O)O[C@@H]1C2[C@@H](OCCCC)[C@@H](C)C[C@]2(O)C(=O)[C@@](C)(OC(C)=O)C2C3C(C[C@@H](O)[C@]21COC(=O)c1cccnc1)C3(C)C. The van der Waals surface area contributed by atoms with Crippen LogP contribution in [0.3, 0.4) is 0 Å². The summed E-state index contributed by atoms with van der Waals surface area (Å²) in [5, 5.41) is 25.3.